The number of hydrogen-bond donors (Lipinski definition) is 2. The standard InChI is InChI=1S/C18H27N3O2/c1-3-15-8-4-5-9-16(15)20-17(22)11-19-18(23)13-21-10-6-7-14(2)12-21/h4-5,8-9,14H,3,6-7,10-13H2,1-2H3,(H,19,23)(H,20,22)/t14-/m1/s1. The number of nitrogens with zero attached hydrogens (tertiary/aromatic N) is 1. The normalized spacial score (nSPS) is 18.4. The van der Waals surface area contributed by atoms with Gasteiger partial charge in [-0.05, 0) is 43.4 Å². The molecule has 2 amide bonds. The van der Waals surface area contributed by atoms with Crippen molar-refractivity contribution in [3.8, 4) is 0 Å². The van der Waals surface area contributed by atoms with E-state index < -0.39 is 0 Å². The Hall–Kier alpha value is -1.88. The lowest BCUT2D eigenvalue weighted by atomic mass is 10.0. The SMILES string of the molecule is CCc1ccccc1NC(=O)CNC(=O)CN1CCC[C@@H](C)C1. The Labute approximate surface area is 138 Å². The second kappa shape index (κ2) is 8.67. The summed E-state index contributed by atoms with van der Waals surface area (Å²) in [5.74, 6) is 0.370. The van der Waals surface area contributed by atoms with Crippen molar-refractivity contribution in [1.82, 2.24) is 10.2 Å². The van der Waals surface area contributed by atoms with Crippen molar-refractivity contribution in [3.05, 3.63) is 29.8 Å². The third kappa shape index (κ3) is 5.67. The molecule has 5 heteroatoms. The third-order valence-electron chi connectivity index (χ3n) is 4.23. The highest BCUT2D eigenvalue weighted by Crippen LogP contribution is 2.15. The molecule has 1 aromatic carbocycles. The number of amides is 2. The van der Waals surface area contributed by atoms with Crippen molar-refractivity contribution in [2.75, 3.05) is 31.5 Å². The number of carbonyl (C=O) groups is 2. The Kier molecular flexibility index (Phi) is 6.59. The highest BCUT2D eigenvalue weighted by molar-refractivity contribution is 5.95. The number of carbonyl (C=O) groups excluding carboxylic acids is 2. The Morgan fingerprint density at radius 2 is 2.04 bits per heavy atom. The van der Waals surface area contributed by atoms with E-state index in [2.05, 4.69) is 22.5 Å². The van der Waals surface area contributed by atoms with Gasteiger partial charge < -0.3 is 10.6 Å². The zero-order valence-corrected chi connectivity index (χ0v) is 14.1. The lowest BCUT2D eigenvalue weighted by Gasteiger charge is -2.30. The highest BCUT2D eigenvalue weighted by atomic mass is 16.2. The molecule has 1 saturated heterocycles. The van der Waals surface area contributed by atoms with Crippen molar-refractivity contribution < 1.29 is 9.59 Å². The quantitative estimate of drug-likeness (QED) is 0.844. The maximum Gasteiger partial charge on any atom is 0.243 e. The number of para-hydroxylation sites is 1. The summed E-state index contributed by atoms with van der Waals surface area (Å²) in [5, 5.41) is 5.57. The van der Waals surface area contributed by atoms with E-state index in [0.29, 0.717) is 12.5 Å². The first-order valence-corrected chi connectivity index (χ1v) is 8.45. The second-order valence-electron chi connectivity index (χ2n) is 6.32. The maximum absolute atomic E-state index is 12.0. The number of piperidine rings is 1. The number of nitrogens with one attached hydrogen (secondary N) is 2. The van der Waals surface area contributed by atoms with Crippen LogP contribution in [0.5, 0.6) is 0 Å². The topological polar surface area (TPSA) is 61.4 Å². The van der Waals surface area contributed by atoms with Crippen LogP contribution in [0.15, 0.2) is 24.3 Å². The van der Waals surface area contributed by atoms with E-state index in [4.69, 9.17) is 0 Å². The molecule has 0 aliphatic carbocycles. The number of rotatable bonds is 6. The molecule has 0 spiro atoms. The van der Waals surface area contributed by atoms with Gasteiger partial charge in [-0.2, -0.15) is 0 Å². The first-order chi connectivity index (χ1) is 11.1. The number of likely N-dealkylation sites (tertiary alicyclic amines) is 1. The molecule has 0 bridgehead atoms. The van der Waals surface area contributed by atoms with Gasteiger partial charge in [0.2, 0.25) is 11.8 Å². The van der Waals surface area contributed by atoms with Crippen LogP contribution in [0.1, 0.15) is 32.3 Å². The molecular formula is C18H27N3O2. The predicted molar refractivity (Wildman–Crippen MR) is 92.3 cm³/mol. The van der Waals surface area contributed by atoms with E-state index in [-0.39, 0.29) is 18.4 Å². The predicted octanol–water partition coefficient (Wildman–Crippen LogP) is 2.04. The van der Waals surface area contributed by atoms with E-state index in [1.807, 2.05) is 31.2 Å². The minimum absolute atomic E-state index is 0.0142. The average Bonchev–Trinajstić information content (AvgIpc) is 2.53. The molecule has 1 atom stereocenters. The second-order valence-corrected chi connectivity index (χ2v) is 6.32. The highest BCUT2D eigenvalue weighted by Gasteiger charge is 2.18. The van der Waals surface area contributed by atoms with E-state index in [1.165, 1.54) is 6.42 Å². The maximum atomic E-state index is 12.0. The smallest absolute Gasteiger partial charge is 0.243 e. The van der Waals surface area contributed by atoms with E-state index in [0.717, 1.165) is 37.2 Å². The molecule has 0 unspecified atom stereocenters. The van der Waals surface area contributed by atoms with Crippen LogP contribution in [0.4, 0.5) is 5.69 Å². The molecule has 2 N–H and O–H groups in total. The van der Waals surface area contributed by atoms with Gasteiger partial charge in [-0.3, -0.25) is 14.5 Å². The number of anilines is 1. The fourth-order valence-electron chi connectivity index (χ4n) is 3.01. The Balaban J connectivity index is 1.74. The van der Waals surface area contributed by atoms with Crippen molar-refractivity contribution in [2.24, 2.45) is 5.92 Å². The lowest BCUT2D eigenvalue weighted by Crippen LogP contribution is -2.43. The molecule has 1 heterocycles. The molecular weight excluding hydrogens is 290 g/mol. The monoisotopic (exact) mass is 317 g/mol. The molecule has 5 nitrogen and oxygen atoms in total. The fraction of sp³-hybridized carbons (Fsp3) is 0.556. The van der Waals surface area contributed by atoms with E-state index in [9.17, 15) is 9.59 Å². The molecule has 1 aromatic rings. The number of aryl methyl sites for hydroxylation is 1. The molecule has 126 valence electrons. The summed E-state index contributed by atoms with van der Waals surface area (Å²) in [5.41, 5.74) is 1.91. The van der Waals surface area contributed by atoms with Crippen molar-refractivity contribution in [3.63, 3.8) is 0 Å². The van der Waals surface area contributed by atoms with Crippen LogP contribution in [-0.2, 0) is 16.0 Å². The first kappa shape index (κ1) is 17.5. The fourth-order valence-corrected chi connectivity index (χ4v) is 3.01. The van der Waals surface area contributed by atoms with Crippen molar-refractivity contribution in [2.45, 2.75) is 33.1 Å². The molecule has 0 aromatic heterocycles. The lowest BCUT2D eigenvalue weighted by molar-refractivity contribution is -0.125. The number of benzene rings is 1. The molecule has 1 aliphatic heterocycles. The Morgan fingerprint density at radius 1 is 1.26 bits per heavy atom. The van der Waals surface area contributed by atoms with Gasteiger partial charge in [-0.25, -0.2) is 0 Å². The zero-order valence-electron chi connectivity index (χ0n) is 14.1. The largest absolute Gasteiger partial charge is 0.346 e. The summed E-state index contributed by atoms with van der Waals surface area (Å²) in [6.45, 7) is 6.58. The van der Waals surface area contributed by atoms with Gasteiger partial charge in [0, 0.05) is 12.2 Å². The van der Waals surface area contributed by atoms with Crippen molar-refractivity contribution in [1.29, 1.82) is 0 Å². The minimum Gasteiger partial charge on any atom is -0.346 e. The van der Waals surface area contributed by atoms with Crippen LogP contribution in [0.2, 0.25) is 0 Å². The van der Waals surface area contributed by atoms with E-state index >= 15 is 0 Å². The van der Waals surface area contributed by atoms with Gasteiger partial charge >= 0.3 is 0 Å². The van der Waals surface area contributed by atoms with Crippen LogP contribution in [0.25, 0.3) is 0 Å². The Bertz CT molecular complexity index is 545. The molecule has 1 fully saturated rings. The summed E-state index contributed by atoms with van der Waals surface area (Å²) < 4.78 is 0. The molecule has 1 aliphatic rings. The van der Waals surface area contributed by atoms with Crippen LogP contribution in [0.3, 0.4) is 0 Å². The molecule has 2 rings (SSSR count). The van der Waals surface area contributed by atoms with Crippen LogP contribution in [-0.4, -0.2) is 42.9 Å². The molecule has 0 radical (unpaired) electrons. The first-order valence-electron chi connectivity index (χ1n) is 8.45. The van der Waals surface area contributed by atoms with Crippen molar-refractivity contribution >= 4 is 17.5 Å². The summed E-state index contributed by atoms with van der Waals surface area (Å²) in [4.78, 5) is 26.1. The van der Waals surface area contributed by atoms with Crippen LogP contribution < -0.4 is 10.6 Å². The van der Waals surface area contributed by atoms with Gasteiger partial charge in [0.15, 0.2) is 0 Å². The summed E-state index contributed by atoms with van der Waals surface area (Å²) in [7, 11) is 0. The van der Waals surface area contributed by atoms with E-state index in [1.54, 1.807) is 0 Å². The third-order valence-corrected chi connectivity index (χ3v) is 4.23. The average molecular weight is 317 g/mol. The summed E-state index contributed by atoms with van der Waals surface area (Å²) >= 11 is 0. The van der Waals surface area contributed by atoms with Crippen LogP contribution >= 0.6 is 0 Å². The van der Waals surface area contributed by atoms with Gasteiger partial charge in [0.25, 0.3) is 0 Å². The molecule has 0 saturated carbocycles. The molecule has 23 heavy (non-hydrogen) atoms. The van der Waals surface area contributed by atoms with Gasteiger partial charge in [-0.1, -0.05) is 32.0 Å². The van der Waals surface area contributed by atoms with Gasteiger partial charge in [0.05, 0.1) is 13.1 Å². The zero-order chi connectivity index (χ0) is 16.7. The minimum atomic E-state index is -0.189. The van der Waals surface area contributed by atoms with Crippen LogP contribution in [0, 0.1) is 5.92 Å². The summed E-state index contributed by atoms with van der Waals surface area (Å²) in [6.07, 6.45) is 3.23. The van der Waals surface area contributed by atoms with Gasteiger partial charge in [-0.15, -0.1) is 0 Å². The van der Waals surface area contributed by atoms with Gasteiger partial charge in [0.1, 0.15) is 0 Å². The summed E-state index contributed by atoms with van der Waals surface area (Å²) in [6, 6.07) is 7.72. The number of hydrogen-bond acceptors (Lipinski definition) is 3. The Morgan fingerprint density at radius 3 is 2.78 bits per heavy atom.